The number of ether oxygens (including phenoxy) is 4. The Balaban J connectivity index is 3.35. The lowest BCUT2D eigenvalue weighted by molar-refractivity contribution is -0.543. The fourth-order valence-corrected chi connectivity index (χ4v) is 3.16. The minimum absolute atomic E-state index is 0.00735. The van der Waals surface area contributed by atoms with Crippen LogP contribution in [0.2, 0.25) is 0 Å². The van der Waals surface area contributed by atoms with E-state index in [0.29, 0.717) is 12.5 Å². The van der Waals surface area contributed by atoms with Gasteiger partial charge in [-0.2, -0.15) is 101 Å². The summed E-state index contributed by atoms with van der Waals surface area (Å²) in [5.41, 5.74) is 0. The van der Waals surface area contributed by atoms with Crippen LogP contribution in [0.3, 0.4) is 0 Å². The lowest BCUT2D eigenvalue weighted by atomic mass is 10.1. The van der Waals surface area contributed by atoms with Crippen molar-refractivity contribution in [1.82, 2.24) is 0 Å². The molecule has 305 valence electrons. The van der Waals surface area contributed by atoms with E-state index in [1.807, 2.05) is 0 Å². The topological polar surface area (TPSA) is 36.9 Å². The third-order valence-corrected chi connectivity index (χ3v) is 6.07. The van der Waals surface area contributed by atoms with E-state index in [1.165, 1.54) is 4.74 Å². The van der Waals surface area contributed by atoms with Crippen LogP contribution >= 0.6 is 0 Å². The lowest BCUT2D eigenvalue weighted by Crippen LogP contribution is -2.69. The standard InChI is InChI=1S/C24H17F24O4/c1-2-5-11(25)8-9-49-12-6-3-4-7-13(12)50-10-14(26,27)15(28,29)21(41,42)51-23(45,46)18(34,35)19(36,37)24(47,48)52-22(43,44)17(32,33)16(30,31)20(38,39)40/h3,6-7,11H,2,5,8-10H2,1H3. The van der Waals surface area contributed by atoms with E-state index in [9.17, 15) is 105 Å². The zero-order valence-electron chi connectivity index (χ0n) is 24.5. The van der Waals surface area contributed by atoms with Crippen LogP contribution in [0.15, 0.2) is 18.2 Å². The molecular formula is C24H17F24O4. The van der Waals surface area contributed by atoms with Gasteiger partial charge in [0.1, 0.15) is 6.17 Å². The predicted octanol–water partition coefficient (Wildman–Crippen LogP) is 10.6. The molecular weight excluding hydrogens is 808 g/mol. The second-order valence-corrected chi connectivity index (χ2v) is 10.0. The molecule has 1 aromatic carbocycles. The molecule has 0 N–H and O–H groups in total. The van der Waals surface area contributed by atoms with Crippen molar-refractivity contribution in [2.75, 3.05) is 13.2 Å². The van der Waals surface area contributed by atoms with Crippen LogP contribution in [-0.2, 0) is 9.47 Å². The van der Waals surface area contributed by atoms with Gasteiger partial charge in [-0.05, 0) is 24.6 Å². The van der Waals surface area contributed by atoms with Crippen molar-refractivity contribution in [1.29, 1.82) is 0 Å². The molecule has 1 aromatic rings. The van der Waals surface area contributed by atoms with Crippen molar-refractivity contribution < 1.29 is 124 Å². The van der Waals surface area contributed by atoms with Gasteiger partial charge in [-0.15, -0.1) is 0 Å². The number of alkyl halides is 24. The summed E-state index contributed by atoms with van der Waals surface area (Å²) < 4.78 is 334. The van der Waals surface area contributed by atoms with Gasteiger partial charge in [-0.25, -0.2) is 13.9 Å². The fourth-order valence-electron chi connectivity index (χ4n) is 3.16. The molecule has 0 aromatic heterocycles. The Morgan fingerprint density at radius 2 is 0.942 bits per heavy atom. The Bertz CT molecular complexity index is 1330. The van der Waals surface area contributed by atoms with Crippen LogP contribution < -0.4 is 9.47 Å². The Kier molecular flexibility index (Phi) is 13.3. The van der Waals surface area contributed by atoms with Gasteiger partial charge in [0, 0.05) is 6.42 Å². The first-order valence-electron chi connectivity index (χ1n) is 13.0. The summed E-state index contributed by atoms with van der Waals surface area (Å²) in [6.45, 7) is -2.12. The van der Waals surface area contributed by atoms with E-state index < -0.39 is 97.0 Å². The molecule has 0 fully saturated rings. The van der Waals surface area contributed by atoms with Crippen LogP contribution in [-0.4, -0.2) is 85.5 Å². The van der Waals surface area contributed by atoms with Crippen LogP contribution in [0.5, 0.6) is 11.5 Å². The van der Waals surface area contributed by atoms with Gasteiger partial charge in [-0.3, -0.25) is 0 Å². The number of hydrogen-bond acceptors (Lipinski definition) is 4. The molecule has 0 bridgehead atoms. The monoisotopic (exact) mass is 825 g/mol. The SMILES string of the molecule is CCCC(F)CCOc1cc[c]cc1OCC(F)(F)C(F)(F)C(F)(F)OC(F)(F)C(F)(F)C(F)(F)C(F)(F)OC(F)(F)C(F)(F)C(F)(F)C(F)(F)F. The largest absolute Gasteiger partial charge is 0.490 e. The molecule has 0 aliphatic carbocycles. The molecule has 0 heterocycles. The van der Waals surface area contributed by atoms with Crippen LogP contribution in [0.25, 0.3) is 0 Å². The number of hydrogen-bond donors (Lipinski definition) is 0. The minimum Gasteiger partial charge on any atom is -0.490 e. The molecule has 1 radical (unpaired) electrons. The van der Waals surface area contributed by atoms with E-state index in [0.717, 1.165) is 16.9 Å². The molecule has 1 rings (SSSR count). The van der Waals surface area contributed by atoms with Gasteiger partial charge in [0.05, 0.1) is 6.61 Å². The van der Waals surface area contributed by atoms with Crippen LogP contribution in [0.1, 0.15) is 26.2 Å². The molecule has 0 spiro atoms. The van der Waals surface area contributed by atoms with Gasteiger partial charge in [0.15, 0.2) is 18.1 Å². The van der Waals surface area contributed by atoms with Crippen molar-refractivity contribution in [3.8, 4) is 11.5 Å². The normalized spacial score (nSPS) is 15.9. The second kappa shape index (κ2) is 14.7. The summed E-state index contributed by atoms with van der Waals surface area (Å²) in [5, 5.41) is 0. The molecule has 1 atom stereocenters. The van der Waals surface area contributed by atoms with E-state index in [1.54, 1.807) is 6.92 Å². The summed E-state index contributed by atoms with van der Waals surface area (Å²) in [4.78, 5) is 0. The Morgan fingerprint density at radius 1 is 0.538 bits per heavy atom. The van der Waals surface area contributed by atoms with Gasteiger partial charge >= 0.3 is 66.1 Å². The Labute approximate surface area is 272 Å². The van der Waals surface area contributed by atoms with E-state index in [2.05, 4.69) is 10.8 Å². The quantitative estimate of drug-likeness (QED) is 0.123. The van der Waals surface area contributed by atoms with Crippen LogP contribution in [0.4, 0.5) is 105 Å². The van der Waals surface area contributed by atoms with Crippen molar-refractivity contribution in [3.63, 3.8) is 0 Å². The van der Waals surface area contributed by atoms with Crippen molar-refractivity contribution in [2.45, 2.75) is 98.5 Å². The highest BCUT2D eigenvalue weighted by Gasteiger charge is 2.90. The van der Waals surface area contributed by atoms with E-state index in [-0.39, 0.29) is 12.8 Å². The molecule has 28 heteroatoms. The summed E-state index contributed by atoms with van der Waals surface area (Å²) in [7, 11) is 0. The molecule has 1 unspecified atom stereocenters. The number of rotatable bonds is 20. The second-order valence-electron chi connectivity index (χ2n) is 10.0. The first kappa shape index (κ1) is 47.1. The molecule has 4 nitrogen and oxygen atoms in total. The molecule has 52 heavy (non-hydrogen) atoms. The third-order valence-electron chi connectivity index (χ3n) is 6.07. The van der Waals surface area contributed by atoms with Crippen molar-refractivity contribution in [3.05, 3.63) is 24.3 Å². The fraction of sp³-hybridized carbons (Fsp3) is 0.750. The molecule has 0 saturated heterocycles. The lowest BCUT2D eigenvalue weighted by Gasteiger charge is -2.40. The average Bonchev–Trinajstić information content (AvgIpc) is 2.94. The van der Waals surface area contributed by atoms with Gasteiger partial charge in [0.25, 0.3) is 0 Å². The summed E-state index contributed by atoms with van der Waals surface area (Å²) in [6, 6.07) is 4.22. The Morgan fingerprint density at radius 3 is 1.35 bits per heavy atom. The van der Waals surface area contributed by atoms with Crippen molar-refractivity contribution >= 4 is 0 Å². The zero-order chi connectivity index (χ0) is 41.4. The highest BCUT2D eigenvalue weighted by atomic mass is 19.4. The predicted molar refractivity (Wildman–Crippen MR) is 118 cm³/mol. The highest BCUT2D eigenvalue weighted by Crippen LogP contribution is 2.60. The van der Waals surface area contributed by atoms with E-state index in [4.69, 9.17) is 4.74 Å². The number of benzene rings is 1. The van der Waals surface area contributed by atoms with Crippen molar-refractivity contribution in [2.24, 2.45) is 0 Å². The summed E-state index contributed by atoms with van der Waals surface area (Å²) >= 11 is 0. The molecule has 0 aliphatic rings. The Hall–Kier alpha value is -2.94. The number of halogens is 24. The average molecular weight is 825 g/mol. The maximum absolute atomic E-state index is 14.2. The highest BCUT2D eigenvalue weighted by molar-refractivity contribution is 5.39. The molecule has 0 saturated carbocycles. The van der Waals surface area contributed by atoms with E-state index >= 15 is 0 Å². The zero-order valence-corrected chi connectivity index (χ0v) is 24.5. The maximum atomic E-state index is 14.2. The summed E-state index contributed by atoms with van der Waals surface area (Å²) in [5.74, 6) is -50.5. The van der Waals surface area contributed by atoms with Gasteiger partial charge < -0.3 is 9.47 Å². The molecule has 0 aliphatic heterocycles. The first-order chi connectivity index (χ1) is 22.8. The molecule has 0 amide bonds. The van der Waals surface area contributed by atoms with Gasteiger partial charge in [-0.1, -0.05) is 19.4 Å². The summed E-state index contributed by atoms with van der Waals surface area (Å²) in [6.07, 6.45) is -42.8. The van der Waals surface area contributed by atoms with Gasteiger partial charge in [0.2, 0.25) is 0 Å². The van der Waals surface area contributed by atoms with Crippen LogP contribution in [0, 0.1) is 6.07 Å². The third kappa shape index (κ3) is 8.71. The minimum atomic E-state index is -8.84. The maximum Gasteiger partial charge on any atom is 0.460 e. The first-order valence-corrected chi connectivity index (χ1v) is 13.0. The smallest absolute Gasteiger partial charge is 0.460 e.